The van der Waals surface area contributed by atoms with E-state index in [-0.39, 0.29) is 28.9 Å². The normalized spacial score (nSPS) is 11.5. The van der Waals surface area contributed by atoms with Gasteiger partial charge >= 0.3 is 0 Å². The van der Waals surface area contributed by atoms with Crippen LogP contribution in [0.4, 0.5) is 0 Å². The fourth-order valence-electron chi connectivity index (χ4n) is 2.65. The van der Waals surface area contributed by atoms with Gasteiger partial charge in [0.25, 0.3) is 0 Å². The number of hydrogen-bond donors (Lipinski definition) is 2. The van der Waals surface area contributed by atoms with Gasteiger partial charge in [0.15, 0.2) is 15.8 Å². The molecule has 0 spiro atoms. The Morgan fingerprint density at radius 3 is 2.34 bits per heavy atom. The number of benzene rings is 2. The largest absolute Gasteiger partial charge is 0.492 e. The van der Waals surface area contributed by atoms with Crippen LogP contribution in [0.25, 0.3) is 0 Å². The lowest BCUT2D eigenvalue weighted by molar-refractivity contribution is 0.321. The standard InChI is InChI=1S/C21H29N3O3S.HI/c1-5-22-21(24-15-18-7-6-16(2)14-17(18)3)23-12-13-27-19-8-10-20(11-9-19)28(4,25)26;/h6-11,14H,5,12-13,15H2,1-4H3,(H2,22,23,24);1H. The molecule has 160 valence electrons. The highest BCUT2D eigenvalue weighted by Crippen LogP contribution is 2.15. The highest BCUT2D eigenvalue weighted by Gasteiger charge is 2.06. The topological polar surface area (TPSA) is 79.8 Å². The lowest BCUT2D eigenvalue weighted by Crippen LogP contribution is -2.39. The number of ether oxygens (including phenoxy) is 1. The van der Waals surface area contributed by atoms with E-state index in [9.17, 15) is 8.42 Å². The van der Waals surface area contributed by atoms with Crippen LogP contribution in [0, 0.1) is 13.8 Å². The fraction of sp³-hybridized carbons (Fsp3) is 0.381. The van der Waals surface area contributed by atoms with E-state index in [1.165, 1.54) is 22.9 Å². The van der Waals surface area contributed by atoms with E-state index >= 15 is 0 Å². The molecule has 0 aliphatic rings. The monoisotopic (exact) mass is 531 g/mol. The number of guanidine groups is 1. The number of halogens is 1. The highest BCUT2D eigenvalue weighted by atomic mass is 127. The Morgan fingerprint density at radius 2 is 1.76 bits per heavy atom. The molecule has 0 aliphatic heterocycles. The maximum absolute atomic E-state index is 11.5. The lowest BCUT2D eigenvalue weighted by Gasteiger charge is -2.13. The summed E-state index contributed by atoms with van der Waals surface area (Å²) < 4.78 is 28.6. The van der Waals surface area contributed by atoms with Crippen molar-refractivity contribution in [2.75, 3.05) is 26.0 Å². The van der Waals surface area contributed by atoms with E-state index in [1.54, 1.807) is 24.3 Å². The minimum atomic E-state index is -3.19. The average molecular weight is 531 g/mol. The van der Waals surface area contributed by atoms with E-state index in [0.717, 1.165) is 12.5 Å². The molecule has 0 amide bonds. The number of nitrogens with one attached hydrogen (secondary N) is 2. The third-order valence-corrected chi connectivity index (χ3v) is 5.29. The van der Waals surface area contributed by atoms with Crippen molar-refractivity contribution in [3.8, 4) is 5.75 Å². The van der Waals surface area contributed by atoms with Crippen LogP contribution in [0.1, 0.15) is 23.6 Å². The molecule has 0 fully saturated rings. The van der Waals surface area contributed by atoms with Crippen LogP contribution >= 0.6 is 24.0 Å². The Morgan fingerprint density at radius 1 is 1.07 bits per heavy atom. The van der Waals surface area contributed by atoms with Gasteiger partial charge in [-0.2, -0.15) is 0 Å². The number of rotatable bonds is 8. The minimum Gasteiger partial charge on any atom is -0.492 e. The molecule has 0 heterocycles. The molecule has 0 aliphatic carbocycles. The van der Waals surface area contributed by atoms with Gasteiger partial charge in [-0.05, 0) is 56.2 Å². The third-order valence-electron chi connectivity index (χ3n) is 4.16. The number of aryl methyl sites for hydroxylation is 2. The predicted octanol–water partition coefficient (Wildman–Crippen LogP) is 3.46. The van der Waals surface area contributed by atoms with Crippen LogP contribution in [-0.2, 0) is 16.4 Å². The quantitative estimate of drug-likeness (QED) is 0.236. The van der Waals surface area contributed by atoms with E-state index < -0.39 is 9.84 Å². The van der Waals surface area contributed by atoms with E-state index in [0.29, 0.717) is 25.4 Å². The molecular weight excluding hydrogens is 501 g/mol. The van der Waals surface area contributed by atoms with Gasteiger partial charge in [-0.3, -0.25) is 0 Å². The van der Waals surface area contributed by atoms with Crippen molar-refractivity contribution in [3.05, 3.63) is 59.2 Å². The molecule has 2 aromatic carbocycles. The summed E-state index contributed by atoms with van der Waals surface area (Å²) in [5.41, 5.74) is 3.68. The SMILES string of the molecule is CCNC(=NCc1ccc(C)cc1C)NCCOc1ccc(S(C)(=O)=O)cc1.I. The third kappa shape index (κ3) is 8.61. The Hall–Kier alpha value is -1.81. The summed E-state index contributed by atoms with van der Waals surface area (Å²) in [6.45, 7) is 8.59. The molecule has 6 nitrogen and oxygen atoms in total. The zero-order valence-electron chi connectivity index (χ0n) is 17.4. The maximum atomic E-state index is 11.5. The van der Waals surface area contributed by atoms with Gasteiger partial charge in [0.1, 0.15) is 12.4 Å². The van der Waals surface area contributed by atoms with Crippen LogP contribution in [0.15, 0.2) is 52.4 Å². The van der Waals surface area contributed by atoms with Gasteiger partial charge in [0.2, 0.25) is 0 Å². The van der Waals surface area contributed by atoms with Crippen molar-refractivity contribution in [1.82, 2.24) is 10.6 Å². The molecule has 2 N–H and O–H groups in total. The van der Waals surface area contributed by atoms with Crippen LogP contribution in [0.2, 0.25) is 0 Å². The Kier molecular flexibility index (Phi) is 10.5. The first-order valence-corrected chi connectivity index (χ1v) is 11.2. The van der Waals surface area contributed by atoms with Crippen LogP contribution in [-0.4, -0.2) is 40.3 Å². The molecule has 8 heteroatoms. The first kappa shape index (κ1) is 25.2. The molecule has 2 aromatic rings. The molecule has 0 unspecified atom stereocenters. The van der Waals surface area contributed by atoms with Gasteiger partial charge in [-0.25, -0.2) is 13.4 Å². The summed E-state index contributed by atoms with van der Waals surface area (Å²) in [4.78, 5) is 4.91. The minimum absolute atomic E-state index is 0. The van der Waals surface area contributed by atoms with Gasteiger partial charge in [0.05, 0.1) is 18.0 Å². The van der Waals surface area contributed by atoms with Crippen LogP contribution < -0.4 is 15.4 Å². The summed E-state index contributed by atoms with van der Waals surface area (Å²) in [6, 6.07) is 12.8. The molecule has 2 rings (SSSR count). The van der Waals surface area contributed by atoms with Crippen molar-refractivity contribution in [3.63, 3.8) is 0 Å². The molecule has 0 saturated carbocycles. The second kappa shape index (κ2) is 12.0. The highest BCUT2D eigenvalue weighted by molar-refractivity contribution is 14.0. The summed E-state index contributed by atoms with van der Waals surface area (Å²) in [6.07, 6.45) is 1.19. The zero-order chi connectivity index (χ0) is 20.6. The van der Waals surface area contributed by atoms with E-state index in [4.69, 9.17) is 4.74 Å². The summed E-state index contributed by atoms with van der Waals surface area (Å²) in [5.74, 6) is 1.37. The first-order valence-electron chi connectivity index (χ1n) is 9.31. The number of nitrogens with zero attached hydrogens (tertiary/aromatic N) is 1. The zero-order valence-corrected chi connectivity index (χ0v) is 20.5. The predicted molar refractivity (Wildman–Crippen MR) is 129 cm³/mol. The molecule has 0 radical (unpaired) electrons. The number of aliphatic imine (C=N–C) groups is 1. The van der Waals surface area contributed by atoms with Crippen LogP contribution in [0.3, 0.4) is 0 Å². The molecule has 0 bridgehead atoms. The summed E-state index contributed by atoms with van der Waals surface area (Å²) in [5, 5.41) is 6.47. The first-order chi connectivity index (χ1) is 13.3. The number of sulfone groups is 1. The van der Waals surface area contributed by atoms with Gasteiger partial charge in [-0.1, -0.05) is 23.8 Å². The van der Waals surface area contributed by atoms with E-state index in [1.807, 2.05) is 6.92 Å². The molecule has 0 saturated heterocycles. The van der Waals surface area contributed by atoms with Crippen molar-refractivity contribution in [2.45, 2.75) is 32.2 Å². The molecular formula is C21H30IN3O3S. The Balaban J connectivity index is 0.00000420. The number of hydrogen-bond acceptors (Lipinski definition) is 4. The second-order valence-corrected chi connectivity index (χ2v) is 8.66. The fourth-order valence-corrected chi connectivity index (χ4v) is 3.28. The molecule has 29 heavy (non-hydrogen) atoms. The van der Waals surface area contributed by atoms with Gasteiger partial charge < -0.3 is 15.4 Å². The lowest BCUT2D eigenvalue weighted by atomic mass is 10.1. The summed E-state index contributed by atoms with van der Waals surface area (Å²) >= 11 is 0. The van der Waals surface area contributed by atoms with Gasteiger partial charge in [-0.15, -0.1) is 24.0 Å². The maximum Gasteiger partial charge on any atom is 0.191 e. The summed E-state index contributed by atoms with van der Waals surface area (Å²) in [7, 11) is -3.19. The molecule has 0 atom stereocenters. The van der Waals surface area contributed by atoms with Crippen molar-refractivity contribution >= 4 is 39.8 Å². The van der Waals surface area contributed by atoms with Crippen molar-refractivity contribution in [2.24, 2.45) is 4.99 Å². The van der Waals surface area contributed by atoms with Gasteiger partial charge in [0, 0.05) is 12.8 Å². The Bertz CT molecular complexity index is 913. The smallest absolute Gasteiger partial charge is 0.191 e. The van der Waals surface area contributed by atoms with Crippen molar-refractivity contribution < 1.29 is 13.2 Å². The van der Waals surface area contributed by atoms with Crippen LogP contribution in [0.5, 0.6) is 5.75 Å². The second-order valence-electron chi connectivity index (χ2n) is 6.64. The average Bonchev–Trinajstić information content (AvgIpc) is 2.64. The van der Waals surface area contributed by atoms with E-state index in [2.05, 4.69) is 47.7 Å². The Labute approximate surface area is 191 Å². The van der Waals surface area contributed by atoms with Crippen molar-refractivity contribution in [1.29, 1.82) is 0 Å². The molecule has 0 aromatic heterocycles.